The number of nitrogen functional groups attached to an aromatic ring is 1. The van der Waals surface area contributed by atoms with E-state index in [4.69, 9.17) is 5.73 Å². The maximum Gasteiger partial charge on any atom is 0.0429 e. The van der Waals surface area contributed by atoms with E-state index in [1.54, 1.807) is 0 Å². The van der Waals surface area contributed by atoms with Gasteiger partial charge in [0, 0.05) is 28.0 Å². The Morgan fingerprint density at radius 1 is 1.11 bits per heavy atom. The molecule has 1 heterocycles. The fraction of sp³-hybridized carbons (Fsp3) is 0.200. The average Bonchev–Trinajstić information content (AvgIpc) is 2.74. The number of rotatable bonds is 2. The topological polar surface area (TPSA) is 29.3 Å². The van der Waals surface area contributed by atoms with E-state index in [9.17, 15) is 0 Å². The zero-order valence-electron chi connectivity index (χ0n) is 10.1. The minimum atomic E-state index is 0.866. The van der Waals surface area contributed by atoms with Crippen molar-refractivity contribution in [1.82, 2.24) is 0 Å². The first-order valence-corrected chi connectivity index (χ1v) is 7.18. The van der Waals surface area contributed by atoms with Crippen LogP contribution in [0.3, 0.4) is 0 Å². The third-order valence-electron chi connectivity index (χ3n) is 3.38. The lowest BCUT2D eigenvalue weighted by atomic mass is 10.1. The fourth-order valence-corrected chi connectivity index (χ4v) is 2.82. The fourth-order valence-electron chi connectivity index (χ4n) is 2.46. The third kappa shape index (κ3) is 2.32. The molecule has 0 fully saturated rings. The number of nitrogens with two attached hydrogens (primary N) is 1. The zero-order chi connectivity index (χ0) is 12.5. The van der Waals surface area contributed by atoms with Crippen molar-refractivity contribution in [3.05, 3.63) is 57.2 Å². The molecule has 0 aliphatic carbocycles. The van der Waals surface area contributed by atoms with E-state index in [-0.39, 0.29) is 0 Å². The normalized spacial score (nSPS) is 13.7. The van der Waals surface area contributed by atoms with Gasteiger partial charge in [-0.05, 0) is 70.5 Å². The van der Waals surface area contributed by atoms with Crippen LogP contribution in [-0.2, 0) is 13.0 Å². The first-order valence-electron chi connectivity index (χ1n) is 6.10. The van der Waals surface area contributed by atoms with E-state index < -0.39 is 0 Å². The van der Waals surface area contributed by atoms with Crippen LogP contribution in [0, 0.1) is 3.57 Å². The Hall–Kier alpha value is -1.23. The summed E-state index contributed by atoms with van der Waals surface area (Å²) in [4.78, 5) is 2.43. The van der Waals surface area contributed by atoms with Crippen LogP contribution in [0.4, 0.5) is 11.4 Å². The summed E-state index contributed by atoms with van der Waals surface area (Å²) in [6, 6.07) is 15.0. The molecule has 0 aromatic heterocycles. The van der Waals surface area contributed by atoms with Gasteiger partial charge < -0.3 is 10.6 Å². The summed E-state index contributed by atoms with van der Waals surface area (Å²) in [7, 11) is 0. The molecule has 0 unspecified atom stereocenters. The van der Waals surface area contributed by atoms with Gasteiger partial charge in [0.15, 0.2) is 0 Å². The van der Waals surface area contributed by atoms with Crippen LogP contribution in [0.1, 0.15) is 11.1 Å². The molecule has 0 bridgehead atoms. The lowest BCUT2D eigenvalue weighted by molar-refractivity contribution is 0.836. The highest BCUT2D eigenvalue weighted by atomic mass is 127. The van der Waals surface area contributed by atoms with Gasteiger partial charge in [0.05, 0.1) is 0 Å². The van der Waals surface area contributed by atoms with Gasteiger partial charge in [-0.2, -0.15) is 0 Å². The first kappa shape index (κ1) is 11.8. The van der Waals surface area contributed by atoms with Crippen molar-refractivity contribution in [2.45, 2.75) is 13.0 Å². The summed E-state index contributed by atoms with van der Waals surface area (Å²) in [5.41, 5.74) is 10.8. The third-order valence-corrected chi connectivity index (χ3v) is 4.10. The molecule has 0 atom stereocenters. The van der Waals surface area contributed by atoms with Gasteiger partial charge in [0.1, 0.15) is 0 Å². The highest BCUT2D eigenvalue weighted by Gasteiger charge is 2.18. The molecule has 18 heavy (non-hydrogen) atoms. The molecule has 2 aromatic rings. The Balaban J connectivity index is 1.82. The maximum absolute atomic E-state index is 5.83. The van der Waals surface area contributed by atoms with E-state index in [2.05, 4.69) is 63.9 Å². The van der Waals surface area contributed by atoms with Crippen LogP contribution in [0.25, 0.3) is 0 Å². The Kier molecular flexibility index (Phi) is 3.16. The van der Waals surface area contributed by atoms with Crippen LogP contribution in [0.2, 0.25) is 0 Å². The average molecular weight is 350 g/mol. The van der Waals surface area contributed by atoms with Gasteiger partial charge in [-0.3, -0.25) is 0 Å². The molecule has 0 saturated carbocycles. The van der Waals surface area contributed by atoms with Gasteiger partial charge in [-0.25, -0.2) is 0 Å². The minimum absolute atomic E-state index is 0.866. The molecule has 0 amide bonds. The number of halogens is 1. The Morgan fingerprint density at radius 2 is 1.89 bits per heavy atom. The quantitative estimate of drug-likeness (QED) is 0.664. The Labute approximate surface area is 121 Å². The molecular weight excluding hydrogens is 335 g/mol. The first-order chi connectivity index (χ1) is 8.72. The standard InChI is InChI=1S/C15H15IN2/c16-13-3-1-11(2-4-13)10-18-8-7-12-9-14(17)5-6-15(12)18/h1-6,9H,7-8,10,17H2. The lowest BCUT2D eigenvalue weighted by Gasteiger charge is -2.19. The van der Waals surface area contributed by atoms with Crippen molar-refractivity contribution in [3.8, 4) is 0 Å². The van der Waals surface area contributed by atoms with Gasteiger partial charge in [0.25, 0.3) is 0 Å². The number of anilines is 2. The Morgan fingerprint density at radius 3 is 2.67 bits per heavy atom. The molecular formula is C15H15IN2. The lowest BCUT2D eigenvalue weighted by Crippen LogP contribution is -2.19. The van der Waals surface area contributed by atoms with Crippen molar-refractivity contribution < 1.29 is 0 Å². The Bertz CT molecular complexity index is 563. The second kappa shape index (κ2) is 4.80. The second-order valence-corrected chi connectivity index (χ2v) is 5.93. The monoisotopic (exact) mass is 350 g/mol. The summed E-state index contributed by atoms with van der Waals surface area (Å²) >= 11 is 2.34. The van der Waals surface area contributed by atoms with Crippen molar-refractivity contribution in [2.24, 2.45) is 0 Å². The molecule has 0 spiro atoms. The summed E-state index contributed by atoms with van der Waals surface area (Å²) in [6.07, 6.45) is 1.10. The van der Waals surface area contributed by atoms with Gasteiger partial charge >= 0.3 is 0 Å². The van der Waals surface area contributed by atoms with Gasteiger partial charge in [0.2, 0.25) is 0 Å². The molecule has 92 valence electrons. The highest BCUT2D eigenvalue weighted by molar-refractivity contribution is 14.1. The molecule has 2 aromatic carbocycles. The second-order valence-electron chi connectivity index (χ2n) is 4.69. The molecule has 3 rings (SSSR count). The van der Waals surface area contributed by atoms with Crippen molar-refractivity contribution in [1.29, 1.82) is 0 Å². The highest BCUT2D eigenvalue weighted by Crippen LogP contribution is 2.30. The molecule has 1 aliphatic heterocycles. The van der Waals surface area contributed by atoms with E-state index in [1.165, 1.54) is 20.4 Å². The number of hydrogen-bond acceptors (Lipinski definition) is 2. The predicted molar refractivity (Wildman–Crippen MR) is 84.8 cm³/mol. The van der Waals surface area contributed by atoms with Crippen molar-refractivity contribution in [3.63, 3.8) is 0 Å². The smallest absolute Gasteiger partial charge is 0.0429 e. The number of nitrogens with zero attached hydrogens (tertiary/aromatic N) is 1. The summed E-state index contributed by atoms with van der Waals surface area (Å²) in [5.74, 6) is 0. The van der Waals surface area contributed by atoms with Crippen LogP contribution in [-0.4, -0.2) is 6.54 Å². The summed E-state index contributed by atoms with van der Waals surface area (Å²) < 4.78 is 1.28. The van der Waals surface area contributed by atoms with E-state index in [0.717, 1.165) is 25.2 Å². The summed E-state index contributed by atoms with van der Waals surface area (Å²) in [6.45, 7) is 2.07. The van der Waals surface area contributed by atoms with Crippen LogP contribution >= 0.6 is 22.6 Å². The molecule has 0 saturated heterocycles. The minimum Gasteiger partial charge on any atom is -0.399 e. The molecule has 2 nitrogen and oxygen atoms in total. The maximum atomic E-state index is 5.83. The van der Waals surface area contributed by atoms with Crippen LogP contribution in [0.5, 0.6) is 0 Å². The number of benzene rings is 2. The van der Waals surface area contributed by atoms with Crippen LogP contribution in [0.15, 0.2) is 42.5 Å². The van der Waals surface area contributed by atoms with Crippen molar-refractivity contribution >= 4 is 34.0 Å². The van der Waals surface area contributed by atoms with Gasteiger partial charge in [-0.15, -0.1) is 0 Å². The molecule has 2 N–H and O–H groups in total. The molecule has 1 aliphatic rings. The number of hydrogen-bond donors (Lipinski definition) is 1. The van der Waals surface area contributed by atoms with Crippen molar-refractivity contribution in [2.75, 3.05) is 17.2 Å². The zero-order valence-corrected chi connectivity index (χ0v) is 12.2. The van der Waals surface area contributed by atoms with E-state index in [1.807, 2.05) is 6.07 Å². The SMILES string of the molecule is Nc1ccc2c(c1)CCN2Cc1ccc(I)cc1. The molecule has 3 heteroatoms. The predicted octanol–water partition coefficient (Wildman–Crippen LogP) is 3.44. The van der Waals surface area contributed by atoms with E-state index in [0.29, 0.717) is 0 Å². The van der Waals surface area contributed by atoms with Crippen LogP contribution < -0.4 is 10.6 Å². The van der Waals surface area contributed by atoms with Gasteiger partial charge in [-0.1, -0.05) is 12.1 Å². The number of fused-ring (bicyclic) bond motifs is 1. The molecule has 0 radical (unpaired) electrons. The largest absolute Gasteiger partial charge is 0.399 e. The van der Waals surface area contributed by atoms with E-state index >= 15 is 0 Å². The summed E-state index contributed by atoms with van der Waals surface area (Å²) in [5, 5.41) is 0.